The smallest absolute Gasteiger partial charge is 0.306 e. The maximum absolute atomic E-state index is 12.6. The molecule has 0 amide bonds. The molecule has 0 aliphatic rings. The first-order valence-corrected chi connectivity index (χ1v) is 20.9. The summed E-state index contributed by atoms with van der Waals surface area (Å²) >= 11 is 0. The Morgan fingerprint density at radius 3 is 1.28 bits per heavy atom. The van der Waals surface area contributed by atoms with Gasteiger partial charge in [-0.2, -0.15) is 0 Å². The standard InChI is InChI=1S/C46H78O4/c1-3-5-7-9-11-13-15-17-19-20-21-22-23-24-25-27-29-31-33-35-37-43-46(49)50-44(41-38-39-42-45(47)48)40-36-34-32-30-28-26-18-16-14-12-10-8-6-4-2/h5,7,11,13,17,19,21-22,24-25,29,31,44H,3-4,6,8-10,12,14-16,18,20,23,26-28,30,32-43H2,1-2H3,(H,47,48)/b7-5-,13-11-,19-17-,22-21-,25-24-,31-29-. The molecule has 0 aromatic heterocycles. The van der Waals surface area contributed by atoms with E-state index in [1.165, 1.54) is 83.5 Å². The highest BCUT2D eigenvalue weighted by Gasteiger charge is 2.14. The second-order valence-corrected chi connectivity index (χ2v) is 13.8. The van der Waals surface area contributed by atoms with E-state index >= 15 is 0 Å². The predicted octanol–water partition coefficient (Wildman–Crippen LogP) is 14.7. The van der Waals surface area contributed by atoms with Crippen LogP contribution in [0.4, 0.5) is 0 Å². The summed E-state index contributed by atoms with van der Waals surface area (Å²) in [6.45, 7) is 4.43. The average Bonchev–Trinajstić information content (AvgIpc) is 3.10. The molecule has 0 fully saturated rings. The zero-order chi connectivity index (χ0) is 36.4. The number of aliphatic carboxylic acids is 1. The Balaban J connectivity index is 3.99. The summed E-state index contributed by atoms with van der Waals surface area (Å²) in [5.41, 5.74) is 0. The molecule has 0 heterocycles. The van der Waals surface area contributed by atoms with E-state index in [0.29, 0.717) is 12.8 Å². The van der Waals surface area contributed by atoms with E-state index in [1.807, 2.05) is 0 Å². The molecule has 1 N–H and O–H groups in total. The lowest BCUT2D eigenvalue weighted by molar-refractivity contribution is -0.150. The summed E-state index contributed by atoms with van der Waals surface area (Å²) < 4.78 is 5.89. The van der Waals surface area contributed by atoms with Gasteiger partial charge in [0, 0.05) is 12.8 Å². The minimum Gasteiger partial charge on any atom is -0.481 e. The first kappa shape index (κ1) is 47.4. The highest BCUT2D eigenvalue weighted by Crippen LogP contribution is 2.18. The number of hydrogen-bond donors (Lipinski definition) is 1. The number of carbonyl (C=O) groups is 2. The van der Waals surface area contributed by atoms with Crippen LogP contribution in [0.25, 0.3) is 0 Å². The molecular formula is C46H78O4. The summed E-state index contributed by atoms with van der Waals surface area (Å²) in [4.78, 5) is 23.5. The minimum absolute atomic E-state index is 0.0722. The van der Waals surface area contributed by atoms with Crippen LogP contribution >= 0.6 is 0 Å². The van der Waals surface area contributed by atoms with Gasteiger partial charge in [0.05, 0.1) is 0 Å². The summed E-state index contributed by atoms with van der Waals surface area (Å²) in [5.74, 6) is -0.848. The van der Waals surface area contributed by atoms with E-state index in [1.54, 1.807) is 0 Å². The van der Waals surface area contributed by atoms with Crippen LogP contribution in [0.3, 0.4) is 0 Å². The maximum Gasteiger partial charge on any atom is 0.306 e. The van der Waals surface area contributed by atoms with Gasteiger partial charge in [0.15, 0.2) is 0 Å². The summed E-state index contributed by atoms with van der Waals surface area (Å²) in [6, 6.07) is 0. The number of esters is 1. The fourth-order valence-corrected chi connectivity index (χ4v) is 5.89. The van der Waals surface area contributed by atoms with Gasteiger partial charge < -0.3 is 9.84 Å². The van der Waals surface area contributed by atoms with Gasteiger partial charge in [-0.3, -0.25) is 9.59 Å². The molecule has 0 radical (unpaired) electrons. The van der Waals surface area contributed by atoms with Crippen molar-refractivity contribution in [2.45, 2.75) is 206 Å². The Kier molecular flexibility index (Phi) is 38.7. The number of carbonyl (C=O) groups excluding carboxylic acids is 1. The number of carboxylic acid groups (broad SMARTS) is 1. The highest BCUT2D eigenvalue weighted by atomic mass is 16.5. The van der Waals surface area contributed by atoms with Crippen LogP contribution in [0.5, 0.6) is 0 Å². The van der Waals surface area contributed by atoms with E-state index < -0.39 is 5.97 Å². The fraction of sp³-hybridized carbons (Fsp3) is 0.696. The predicted molar refractivity (Wildman–Crippen MR) is 218 cm³/mol. The first-order valence-electron chi connectivity index (χ1n) is 20.9. The van der Waals surface area contributed by atoms with Gasteiger partial charge >= 0.3 is 11.9 Å². The summed E-state index contributed by atoms with van der Waals surface area (Å²) in [6.07, 6.45) is 57.7. The van der Waals surface area contributed by atoms with Crippen molar-refractivity contribution < 1.29 is 19.4 Å². The van der Waals surface area contributed by atoms with Crippen LogP contribution in [0.2, 0.25) is 0 Å². The normalized spacial score (nSPS) is 13.0. The molecule has 0 aliphatic heterocycles. The topological polar surface area (TPSA) is 63.6 Å². The van der Waals surface area contributed by atoms with Gasteiger partial charge in [-0.1, -0.05) is 170 Å². The molecule has 0 aromatic rings. The van der Waals surface area contributed by atoms with Crippen molar-refractivity contribution in [3.63, 3.8) is 0 Å². The molecular weight excluding hydrogens is 617 g/mol. The second-order valence-electron chi connectivity index (χ2n) is 13.8. The molecule has 0 saturated carbocycles. The molecule has 0 aromatic carbocycles. The van der Waals surface area contributed by atoms with Crippen molar-refractivity contribution in [2.75, 3.05) is 0 Å². The first-order chi connectivity index (χ1) is 24.6. The number of allylic oxidation sites excluding steroid dienone is 12. The van der Waals surface area contributed by atoms with E-state index in [-0.39, 0.29) is 18.5 Å². The molecule has 50 heavy (non-hydrogen) atoms. The molecule has 0 bridgehead atoms. The monoisotopic (exact) mass is 695 g/mol. The zero-order valence-corrected chi connectivity index (χ0v) is 32.7. The lowest BCUT2D eigenvalue weighted by Crippen LogP contribution is -2.18. The number of ether oxygens (including phenoxy) is 1. The third kappa shape index (κ3) is 39.8. The van der Waals surface area contributed by atoms with Crippen molar-refractivity contribution in [3.05, 3.63) is 72.9 Å². The van der Waals surface area contributed by atoms with Gasteiger partial charge in [0.1, 0.15) is 6.10 Å². The van der Waals surface area contributed by atoms with Crippen molar-refractivity contribution in [3.8, 4) is 0 Å². The maximum atomic E-state index is 12.6. The number of rotatable bonds is 37. The Labute approximate surface area is 309 Å². The van der Waals surface area contributed by atoms with Gasteiger partial charge in [-0.15, -0.1) is 0 Å². The van der Waals surface area contributed by atoms with Gasteiger partial charge in [0.25, 0.3) is 0 Å². The molecule has 0 saturated heterocycles. The number of hydrogen-bond acceptors (Lipinski definition) is 3. The number of carboxylic acids is 1. The van der Waals surface area contributed by atoms with E-state index in [2.05, 4.69) is 86.8 Å². The Hall–Kier alpha value is -2.62. The molecule has 286 valence electrons. The quantitative estimate of drug-likeness (QED) is 0.0399. The minimum atomic E-state index is -0.752. The van der Waals surface area contributed by atoms with Gasteiger partial charge in [0.2, 0.25) is 0 Å². The zero-order valence-electron chi connectivity index (χ0n) is 32.7. The summed E-state index contributed by atoms with van der Waals surface area (Å²) in [7, 11) is 0. The molecule has 4 heteroatoms. The molecule has 0 aliphatic carbocycles. The van der Waals surface area contributed by atoms with Crippen LogP contribution in [-0.4, -0.2) is 23.1 Å². The molecule has 1 unspecified atom stereocenters. The van der Waals surface area contributed by atoms with Crippen molar-refractivity contribution in [1.29, 1.82) is 0 Å². The van der Waals surface area contributed by atoms with Gasteiger partial charge in [-0.25, -0.2) is 0 Å². The molecule has 0 spiro atoms. The van der Waals surface area contributed by atoms with Crippen LogP contribution in [-0.2, 0) is 14.3 Å². The van der Waals surface area contributed by atoms with Crippen molar-refractivity contribution in [1.82, 2.24) is 0 Å². The Morgan fingerprint density at radius 1 is 0.460 bits per heavy atom. The molecule has 1 atom stereocenters. The fourth-order valence-electron chi connectivity index (χ4n) is 5.89. The molecule has 4 nitrogen and oxygen atoms in total. The third-order valence-corrected chi connectivity index (χ3v) is 8.94. The van der Waals surface area contributed by atoms with Crippen LogP contribution in [0.1, 0.15) is 200 Å². The van der Waals surface area contributed by atoms with Crippen LogP contribution in [0, 0.1) is 0 Å². The second kappa shape index (κ2) is 40.8. The van der Waals surface area contributed by atoms with E-state index in [4.69, 9.17) is 9.84 Å². The van der Waals surface area contributed by atoms with Crippen LogP contribution in [0.15, 0.2) is 72.9 Å². The lowest BCUT2D eigenvalue weighted by Gasteiger charge is -2.18. The van der Waals surface area contributed by atoms with Crippen molar-refractivity contribution in [2.24, 2.45) is 0 Å². The van der Waals surface area contributed by atoms with Gasteiger partial charge in [-0.05, 0) is 89.9 Å². The molecule has 0 rings (SSSR count). The SMILES string of the molecule is CC/C=C\C/C=C\C/C=C\C/C=C\C/C=C\C/C=C\CCCCC(=O)OC(CCCCCCCCCCCCCCCC)CCCCC(=O)O. The van der Waals surface area contributed by atoms with Crippen molar-refractivity contribution >= 4 is 11.9 Å². The Bertz CT molecular complexity index is 922. The number of unbranched alkanes of at least 4 members (excludes halogenated alkanes) is 16. The average molecular weight is 695 g/mol. The lowest BCUT2D eigenvalue weighted by atomic mass is 10.0. The third-order valence-electron chi connectivity index (χ3n) is 8.94. The van der Waals surface area contributed by atoms with Crippen LogP contribution < -0.4 is 0 Å². The Morgan fingerprint density at radius 2 is 0.840 bits per heavy atom. The van der Waals surface area contributed by atoms with E-state index in [0.717, 1.165) is 83.5 Å². The van der Waals surface area contributed by atoms with E-state index in [9.17, 15) is 9.59 Å². The largest absolute Gasteiger partial charge is 0.481 e. The summed E-state index contributed by atoms with van der Waals surface area (Å²) in [5, 5.41) is 8.96. The highest BCUT2D eigenvalue weighted by molar-refractivity contribution is 5.69.